The molecule has 0 spiro atoms. The van der Waals surface area contributed by atoms with E-state index in [1.54, 1.807) is 0 Å². The molecule has 0 aliphatic carbocycles. The zero-order valence-corrected chi connectivity index (χ0v) is 17.6. The second kappa shape index (κ2) is 8.89. The highest BCUT2D eigenvalue weighted by atomic mass is 31.2. The zero-order chi connectivity index (χ0) is 22.6. The molecule has 32 heavy (non-hydrogen) atoms. The third-order valence-corrected chi connectivity index (χ3v) is 6.30. The van der Waals surface area contributed by atoms with Crippen molar-refractivity contribution in [2.24, 2.45) is 5.10 Å². The van der Waals surface area contributed by atoms with Gasteiger partial charge in [0.05, 0.1) is 11.8 Å². The van der Waals surface area contributed by atoms with Crippen molar-refractivity contribution >= 4 is 25.0 Å². The van der Waals surface area contributed by atoms with E-state index in [1.807, 2.05) is 60.7 Å². The standard InChI is InChI=1S/C24H18F3N2O2P/c25-24(26,27)21-14-8-7-13-20(21)15-28-29-32(30)16-22(18-9-3-1-4-10-18)31-23(17-32)19-11-5-2-6-12-19/h1-17H,(H,29,30)/b28-15+. The van der Waals surface area contributed by atoms with Crippen molar-refractivity contribution in [1.82, 2.24) is 5.20 Å². The molecule has 3 aromatic carbocycles. The van der Waals surface area contributed by atoms with Gasteiger partial charge in [0.25, 0.3) is 0 Å². The number of ether oxygens (including phenoxy) is 1. The van der Waals surface area contributed by atoms with Crippen molar-refractivity contribution in [3.8, 4) is 0 Å². The molecule has 1 aliphatic heterocycles. The normalized spacial score (nSPS) is 15.6. The van der Waals surface area contributed by atoms with Crippen molar-refractivity contribution in [2.45, 2.75) is 6.18 Å². The van der Waals surface area contributed by atoms with E-state index in [4.69, 9.17) is 4.74 Å². The number of nitrogens with zero attached hydrogens (tertiary/aromatic N) is 1. The monoisotopic (exact) mass is 454 g/mol. The van der Waals surface area contributed by atoms with Crippen molar-refractivity contribution < 1.29 is 22.5 Å². The Labute approximate surface area is 183 Å². The highest BCUT2D eigenvalue weighted by molar-refractivity contribution is 7.68. The molecule has 4 rings (SSSR count). The predicted molar refractivity (Wildman–Crippen MR) is 120 cm³/mol. The summed E-state index contributed by atoms with van der Waals surface area (Å²) >= 11 is 0. The molecule has 1 N–H and O–H groups in total. The number of hydrazone groups is 1. The fraction of sp³-hybridized carbons (Fsp3) is 0.0417. The van der Waals surface area contributed by atoms with E-state index in [2.05, 4.69) is 10.3 Å². The molecule has 0 unspecified atom stereocenters. The van der Waals surface area contributed by atoms with Crippen LogP contribution >= 0.6 is 7.29 Å². The molecule has 1 heterocycles. The van der Waals surface area contributed by atoms with Gasteiger partial charge in [0, 0.05) is 28.3 Å². The third kappa shape index (κ3) is 5.01. The summed E-state index contributed by atoms with van der Waals surface area (Å²) in [5.74, 6) is 3.58. The van der Waals surface area contributed by atoms with Crippen LogP contribution in [0.5, 0.6) is 0 Å². The summed E-state index contributed by atoms with van der Waals surface area (Å²) in [5.41, 5.74) is 0.466. The lowest BCUT2D eigenvalue weighted by Gasteiger charge is -2.22. The Balaban J connectivity index is 1.68. The maximum absolute atomic E-state index is 13.6. The van der Waals surface area contributed by atoms with Crippen LogP contribution in [0.3, 0.4) is 0 Å². The smallest absolute Gasteiger partial charge is 0.417 e. The van der Waals surface area contributed by atoms with Crippen molar-refractivity contribution in [3.63, 3.8) is 0 Å². The largest absolute Gasteiger partial charge is 0.456 e. The fourth-order valence-corrected chi connectivity index (χ4v) is 4.67. The fourth-order valence-electron chi connectivity index (χ4n) is 3.14. The van der Waals surface area contributed by atoms with E-state index in [0.29, 0.717) is 22.6 Å². The molecule has 0 aromatic heterocycles. The number of hydrogen-bond acceptors (Lipinski definition) is 3. The van der Waals surface area contributed by atoms with E-state index >= 15 is 0 Å². The molecule has 162 valence electrons. The summed E-state index contributed by atoms with van der Waals surface area (Å²) in [4.78, 5) is 0. The summed E-state index contributed by atoms with van der Waals surface area (Å²) in [6.07, 6.45) is -3.50. The summed E-state index contributed by atoms with van der Waals surface area (Å²) in [5, 5.41) is 6.43. The van der Waals surface area contributed by atoms with Gasteiger partial charge in [-0.05, 0) is 6.07 Å². The van der Waals surface area contributed by atoms with Gasteiger partial charge in [-0.3, -0.25) is 9.76 Å². The molecule has 3 aromatic rings. The Bertz CT molecular complexity index is 1180. The van der Waals surface area contributed by atoms with Crippen LogP contribution in [-0.2, 0) is 15.5 Å². The van der Waals surface area contributed by atoms with Crippen LogP contribution in [0.1, 0.15) is 22.3 Å². The number of benzene rings is 3. The molecule has 0 amide bonds. The second-order valence-electron chi connectivity index (χ2n) is 6.97. The van der Waals surface area contributed by atoms with Crippen molar-refractivity contribution in [1.29, 1.82) is 0 Å². The molecule has 8 heteroatoms. The Morgan fingerprint density at radius 1 is 0.781 bits per heavy atom. The van der Waals surface area contributed by atoms with Crippen LogP contribution < -0.4 is 5.20 Å². The van der Waals surface area contributed by atoms with Crippen molar-refractivity contribution in [3.05, 3.63) is 119 Å². The Morgan fingerprint density at radius 2 is 1.28 bits per heavy atom. The average molecular weight is 454 g/mol. The molecule has 1 aliphatic rings. The number of nitrogens with one attached hydrogen (secondary N) is 1. The maximum Gasteiger partial charge on any atom is 0.417 e. The van der Waals surface area contributed by atoms with Gasteiger partial charge >= 0.3 is 6.18 Å². The van der Waals surface area contributed by atoms with Gasteiger partial charge in [0.2, 0.25) is 7.29 Å². The molecule has 0 radical (unpaired) electrons. The molecule has 0 saturated carbocycles. The van der Waals surface area contributed by atoms with Crippen molar-refractivity contribution in [2.75, 3.05) is 0 Å². The van der Waals surface area contributed by atoms with Crippen LogP contribution in [0.15, 0.2) is 102 Å². The molecular formula is C24H18F3N2O2P. The van der Waals surface area contributed by atoms with Crippen LogP contribution in [0.2, 0.25) is 0 Å². The molecule has 0 saturated heterocycles. The first-order chi connectivity index (χ1) is 15.3. The van der Waals surface area contributed by atoms with Gasteiger partial charge in [-0.25, -0.2) is 0 Å². The number of hydrogen-bond donors (Lipinski definition) is 1. The first kappa shape index (κ1) is 21.7. The first-order valence-corrected chi connectivity index (χ1v) is 11.5. The highest BCUT2D eigenvalue weighted by Crippen LogP contribution is 2.53. The summed E-state index contributed by atoms with van der Waals surface area (Å²) < 4.78 is 59.2. The van der Waals surface area contributed by atoms with Gasteiger partial charge in [-0.1, -0.05) is 78.9 Å². The summed E-state index contributed by atoms with van der Waals surface area (Å²) in [6, 6.07) is 23.3. The lowest BCUT2D eigenvalue weighted by molar-refractivity contribution is -0.137. The van der Waals surface area contributed by atoms with Crippen LogP contribution in [0.4, 0.5) is 13.2 Å². The lowest BCUT2D eigenvalue weighted by Crippen LogP contribution is -2.10. The second-order valence-corrected chi connectivity index (χ2v) is 9.11. The van der Waals surface area contributed by atoms with E-state index in [1.165, 1.54) is 29.8 Å². The minimum absolute atomic E-state index is 0.133. The van der Waals surface area contributed by atoms with E-state index in [9.17, 15) is 17.7 Å². The lowest BCUT2D eigenvalue weighted by atomic mass is 10.1. The van der Waals surface area contributed by atoms with Gasteiger partial charge < -0.3 is 4.74 Å². The summed E-state index contributed by atoms with van der Waals surface area (Å²) in [7, 11) is -3.43. The van der Waals surface area contributed by atoms with Crippen LogP contribution in [-0.4, -0.2) is 6.21 Å². The highest BCUT2D eigenvalue weighted by Gasteiger charge is 2.32. The topological polar surface area (TPSA) is 50.7 Å². The Hall–Kier alpha value is -3.57. The van der Waals surface area contributed by atoms with Gasteiger partial charge in [0.15, 0.2) is 0 Å². The Morgan fingerprint density at radius 3 is 1.81 bits per heavy atom. The quantitative estimate of drug-likeness (QED) is 0.258. The van der Waals surface area contributed by atoms with E-state index in [-0.39, 0.29) is 5.56 Å². The minimum Gasteiger partial charge on any atom is -0.456 e. The molecule has 0 atom stereocenters. The number of rotatable bonds is 5. The molecule has 4 nitrogen and oxygen atoms in total. The minimum atomic E-state index is -4.52. The number of alkyl halides is 3. The summed E-state index contributed by atoms with van der Waals surface area (Å²) in [6.45, 7) is 0. The average Bonchev–Trinajstić information content (AvgIpc) is 2.79. The van der Waals surface area contributed by atoms with Gasteiger partial charge in [-0.2, -0.15) is 18.3 Å². The van der Waals surface area contributed by atoms with Crippen LogP contribution in [0, 0.1) is 0 Å². The predicted octanol–water partition coefficient (Wildman–Crippen LogP) is 6.93. The zero-order valence-electron chi connectivity index (χ0n) is 16.7. The maximum atomic E-state index is 13.6. The van der Waals surface area contributed by atoms with Crippen LogP contribution in [0.25, 0.3) is 11.5 Å². The first-order valence-electron chi connectivity index (χ1n) is 9.64. The van der Waals surface area contributed by atoms with E-state index in [0.717, 1.165) is 12.3 Å². The Kier molecular flexibility index (Phi) is 6.01. The molecule has 0 bridgehead atoms. The van der Waals surface area contributed by atoms with Gasteiger partial charge in [0.1, 0.15) is 11.5 Å². The van der Waals surface area contributed by atoms with E-state index < -0.39 is 19.0 Å². The van der Waals surface area contributed by atoms with Gasteiger partial charge in [-0.15, -0.1) is 0 Å². The molecular weight excluding hydrogens is 436 g/mol. The number of halogens is 3. The molecule has 0 fully saturated rings. The third-order valence-electron chi connectivity index (χ3n) is 4.64. The SMILES string of the molecule is O=P1(N/N=C/c2ccccc2C(F)(F)F)C=C(c2ccccc2)OC(c2ccccc2)=C1.